The van der Waals surface area contributed by atoms with Gasteiger partial charge in [-0.15, -0.1) is 0 Å². The molecule has 1 aliphatic rings. The van der Waals surface area contributed by atoms with E-state index in [0.717, 1.165) is 22.4 Å². The minimum absolute atomic E-state index is 0.191. The van der Waals surface area contributed by atoms with Gasteiger partial charge in [-0.2, -0.15) is 17.0 Å². The fourth-order valence-electron chi connectivity index (χ4n) is 3.31. The second-order valence-corrected chi connectivity index (χ2v) is 9.27. The van der Waals surface area contributed by atoms with Crippen molar-refractivity contribution >= 4 is 33.4 Å². The fourth-order valence-corrected chi connectivity index (χ4v) is 5.13. The summed E-state index contributed by atoms with van der Waals surface area (Å²) in [7, 11) is -3.74. The molecule has 150 valence electrons. The Hall–Kier alpha value is -1.93. The van der Waals surface area contributed by atoms with Crippen LogP contribution >= 0.6 is 11.6 Å². The first kappa shape index (κ1) is 20.8. The Morgan fingerprint density at radius 2 is 1.68 bits per heavy atom. The summed E-state index contributed by atoms with van der Waals surface area (Å²) in [5, 5.41) is 3.38. The molecule has 0 spiro atoms. The molecule has 8 heteroatoms. The summed E-state index contributed by atoms with van der Waals surface area (Å²) >= 11 is 6.18. The zero-order valence-corrected chi connectivity index (χ0v) is 17.6. The Morgan fingerprint density at radius 3 is 2.36 bits per heavy atom. The van der Waals surface area contributed by atoms with Crippen molar-refractivity contribution in [3.8, 4) is 0 Å². The van der Waals surface area contributed by atoms with Crippen LogP contribution in [0.25, 0.3) is 0 Å². The van der Waals surface area contributed by atoms with Crippen LogP contribution in [0, 0.1) is 13.8 Å². The lowest BCUT2D eigenvalue weighted by Crippen LogP contribution is -2.51. The molecule has 0 radical (unpaired) electrons. The van der Waals surface area contributed by atoms with Crippen molar-refractivity contribution in [2.45, 2.75) is 26.8 Å². The molecule has 2 aromatic rings. The highest BCUT2D eigenvalue weighted by Gasteiger charge is 2.35. The lowest BCUT2D eigenvalue weighted by Gasteiger charge is -2.34. The van der Waals surface area contributed by atoms with Gasteiger partial charge in [-0.05, 0) is 43.0 Å². The second-order valence-electron chi connectivity index (χ2n) is 6.93. The standard InChI is InChI=1S/C20H24ClN3O3S/c1-15-7-5-8-16(2)20(15)22-19(25)14-24-12-6-11-23(28(24,26)27)13-17-9-3-4-10-18(17)21/h3-5,7-10H,6,11-14H2,1-2H3,(H,22,25). The zero-order chi connectivity index (χ0) is 20.3. The summed E-state index contributed by atoms with van der Waals surface area (Å²) in [5.41, 5.74) is 3.36. The predicted molar refractivity (Wildman–Crippen MR) is 112 cm³/mol. The van der Waals surface area contributed by atoms with Crippen molar-refractivity contribution < 1.29 is 13.2 Å². The summed E-state index contributed by atoms with van der Waals surface area (Å²) in [4.78, 5) is 12.5. The quantitative estimate of drug-likeness (QED) is 0.804. The van der Waals surface area contributed by atoms with Crippen LogP contribution in [0.15, 0.2) is 42.5 Å². The Morgan fingerprint density at radius 1 is 1.04 bits per heavy atom. The molecule has 0 aromatic heterocycles. The minimum Gasteiger partial charge on any atom is -0.324 e. The number of benzene rings is 2. The first-order valence-corrected chi connectivity index (χ1v) is 10.9. The average Bonchev–Trinajstić information content (AvgIpc) is 2.63. The van der Waals surface area contributed by atoms with Gasteiger partial charge in [0.15, 0.2) is 0 Å². The van der Waals surface area contributed by atoms with E-state index >= 15 is 0 Å². The molecule has 1 amide bonds. The molecular formula is C20H24ClN3O3S. The number of hydrogen-bond donors (Lipinski definition) is 1. The van der Waals surface area contributed by atoms with Crippen LogP contribution in [-0.4, -0.2) is 42.6 Å². The summed E-state index contributed by atoms with van der Waals surface area (Å²) in [5.74, 6) is -0.347. The number of aryl methyl sites for hydroxylation is 2. The highest BCUT2D eigenvalue weighted by atomic mass is 35.5. The van der Waals surface area contributed by atoms with Crippen LogP contribution in [0.1, 0.15) is 23.1 Å². The van der Waals surface area contributed by atoms with Gasteiger partial charge in [-0.1, -0.05) is 48.0 Å². The molecule has 0 bridgehead atoms. The number of hydrogen-bond acceptors (Lipinski definition) is 3. The van der Waals surface area contributed by atoms with E-state index in [2.05, 4.69) is 5.32 Å². The first-order chi connectivity index (χ1) is 13.3. The highest BCUT2D eigenvalue weighted by Crippen LogP contribution is 2.24. The van der Waals surface area contributed by atoms with Crippen molar-refractivity contribution in [3.63, 3.8) is 0 Å². The number of rotatable bonds is 5. The van der Waals surface area contributed by atoms with Crippen molar-refractivity contribution in [1.82, 2.24) is 8.61 Å². The maximum absolute atomic E-state index is 13.0. The molecule has 1 aliphatic heterocycles. The number of anilines is 1. The molecule has 0 aliphatic carbocycles. The van der Waals surface area contributed by atoms with Gasteiger partial charge in [0.25, 0.3) is 10.2 Å². The van der Waals surface area contributed by atoms with E-state index in [4.69, 9.17) is 11.6 Å². The van der Waals surface area contributed by atoms with Crippen LogP contribution in [0.3, 0.4) is 0 Å². The normalized spacial score (nSPS) is 17.4. The third-order valence-corrected chi connectivity index (χ3v) is 7.13. The molecule has 0 atom stereocenters. The Bertz CT molecular complexity index is 958. The van der Waals surface area contributed by atoms with Gasteiger partial charge in [0.05, 0.1) is 6.54 Å². The van der Waals surface area contributed by atoms with Crippen LogP contribution in [-0.2, 0) is 21.5 Å². The van der Waals surface area contributed by atoms with Crippen LogP contribution in [0.2, 0.25) is 5.02 Å². The van der Waals surface area contributed by atoms with Crippen molar-refractivity contribution in [2.75, 3.05) is 25.0 Å². The van der Waals surface area contributed by atoms with E-state index in [1.165, 1.54) is 8.61 Å². The van der Waals surface area contributed by atoms with Gasteiger partial charge in [-0.25, -0.2) is 0 Å². The number of carbonyl (C=O) groups excluding carboxylic acids is 1. The second kappa shape index (κ2) is 8.61. The van der Waals surface area contributed by atoms with Gasteiger partial charge in [-0.3, -0.25) is 4.79 Å². The Kier molecular flexibility index (Phi) is 6.40. The lowest BCUT2D eigenvalue weighted by atomic mass is 10.1. The molecule has 1 N–H and O–H groups in total. The van der Waals surface area contributed by atoms with Gasteiger partial charge < -0.3 is 5.32 Å². The van der Waals surface area contributed by atoms with Crippen molar-refractivity contribution in [2.24, 2.45) is 0 Å². The van der Waals surface area contributed by atoms with E-state index in [9.17, 15) is 13.2 Å². The monoisotopic (exact) mass is 421 g/mol. The highest BCUT2D eigenvalue weighted by molar-refractivity contribution is 7.86. The Balaban J connectivity index is 1.72. The smallest absolute Gasteiger partial charge is 0.282 e. The molecule has 28 heavy (non-hydrogen) atoms. The van der Waals surface area contributed by atoms with E-state index in [0.29, 0.717) is 24.5 Å². The van der Waals surface area contributed by atoms with Gasteiger partial charge in [0, 0.05) is 30.3 Å². The number of carbonyl (C=O) groups is 1. The number of para-hydroxylation sites is 1. The van der Waals surface area contributed by atoms with E-state index in [1.54, 1.807) is 12.1 Å². The average molecular weight is 422 g/mol. The summed E-state index contributed by atoms with van der Waals surface area (Å²) in [6.07, 6.45) is 0.653. The number of halogens is 1. The molecular weight excluding hydrogens is 398 g/mol. The molecule has 0 saturated carbocycles. The SMILES string of the molecule is Cc1cccc(C)c1NC(=O)CN1CCCN(Cc2ccccc2Cl)S1(=O)=O. The fraction of sp³-hybridized carbons (Fsp3) is 0.350. The van der Waals surface area contributed by atoms with Crippen LogP contribution in [0.5, 0.6) is 0 Å². The summed E-state index contributed by atoms with van der Waals surface area (Å²) < 4.78 is 28.6. The topological polar surface area (TPSA) is 69.7 Å². The largest absolute Gasteiger partial charge is 0.324 e. The number of nitrogens with one attached hydrogen (secondary N) is 1. The third-order valence-electron chi connectivity index (χ3n) is 4.84. The lowest BCUT2D eigenvalue weighted by molar-refractivity contribution is -0.116. The molecule has 2 aromatic carbocycles. The van der Waals surface area contributed by atoms with Crippen LogP contribution in [0.4, 0.5) is 5.69 Å². The molecule has 6 nitrogen and oxygen atoms in total. The van der Waals surface area contributed by atoms with Gasteiger partial charge in [0.1, 0.15) is 0 Å². The maximum atomic E-state index is 13.0. The minimum atomic E-state index is -3.74. The summed E-state index contributed by atoms with van der Waals surface area (Å²) in [6, 6.07) is 12.9. The van der Waals surface area contributed by atoms with E-state index < -0.39 is 10.2 Å². The van der Waals surface area contributed by atoms with Crippen molar-refractivity contribution in [1.29, 1.82) is 0 Å². The van der Waals surface area contributed by atoms with E-state index in [-0.39, 0.29) is 19.0 Å². The van der Waals surface area contributed by atoms with Gasteiger partial charge >= 0.3 is 0 Å². The third kappa shape index (κ3) is 4.55. The zero-order valence-electron chi connectivity index (χ0n) is 16.0. The molecule has 1 fully saturated rings. The van der Waals surface area contributed by atoms with E-state index in [1.807, 2.05) is 44.2 Å². The molecule has 3 rings (SSSR count). The van der Waals surface area contributed by atoms with Crippen LogP contribution < -0.4 is 5.32 Å². The number of nitrogens with zero attached hydrogens (tertiary/aromatic N) is 2. The summed E-state index contributed by atoms with van der Waals surface area (Å²) in [6.45, 7) is 4.52. The Labute approximate surface area is 171 Å². The molecule has 1 heterocycles. The molecule has 0 unspecified atom stereocenters. The first-order valence-electron chi connectivity index (χ1n) is 9.13. The molecule has 1 saturated heterocycles. The predicted octanol–water partition coefficient (Wildman–Crippen LogP) is 3.35. The maximum Gasteiger partial charge on any atom is 0.282 e. The number of amides is 1. The van der Waals surface area contributed by atoms with Crippen molar-refractivity contribution in [3.05, 3.63) is 64.2 Å². The van der Waals surface area contributed by atoms with Gasteiger partial charge in [0.2, 0.25) is 5.91 Å².